The first-order valence-electron chi connectivity index (χ1n) is 8.83. The van der Waals surface area contributed by atoms with Crippen LogP contribution in [0.25, 0.3) is 0 Å². The van der Waals surface area contributed by atoms with Crippen LogP contribution in [0.4, 0.5) is 0 Å². The number of rotatable bonds is 9. The number of nitrogens with one attached hydrogen (secondary N) is 1. The molecule has 6 unspecified atom stereocenters. The van der Waals surface area contributed by atoms with Crippen LogP contribution < -0.4 is 5.32 Å². The maximum absolute atomic E-state index is 11.0. The molecule has 13 nitrogen and oxygen atoms in total. The van der Waals surface area contributed by atoms with E-state index < -0.39 is 85.7 Å². The zero-order chi connectivity index (χ0) is 21.9. The van der Waals surface area contributed by atoms with Gasteiger partial charge in [-0.2, -0.15) is 0 Å². The van der Waals surface area contributed by atoms with Crippen molar-refractivity contribution >= 4 is 17.7 Å². The Morgan fingerprint density at radius 2 is 1.79 bits per heavy atom. The molecule has 0 saturated carbocycles. The lowest BCUT2D eigenvalue weighted by molar-refractivity contribution is -0.327. The fourth-order valence-electron chi connectivity index (χ4n) is 3.04. The van der Waals surface area contributed by atoms with Gasteiger partial charge >= 0.3 is 5.97 Å². The first kappa shape index (κ1) is 24.6. The maximum atomic E-state index is 11.0. The minimum absolute atomic E-state index is 0.116. The highest BCUT2D eigenvalue weighted by atomic mass is 32.2. The van der Waals surface area contributed by atoms with Crippen molar-refractivity contribution in [2.24, 2.45) is 0 Å². The lowest BCUT2D eigenvalue weighted by Crippen LogP contribution is -2.62. The summed E-state index contributed by atoms with van der Waals surface area (Å²) < 4.78 is 10.4. The average Bonchev–Trinajstić information content (AvgIpc) is 3.20. The summed E-state index contributed by atoms with van der Waals surface area (Å²) in [6.45, 7) is -1.64. The summed E-state index contributed by atoms with van der Waals surface area (Å²) in [5, 5.41) is 89.6. The summed E-state index contributed by atoms with van der Waals surface area (Å²) in [4.78, 5) is 11.0. The van der Waals surface area contributed by atoms with E-state index in [4.69, 9.17) is 14.6 Å². The maximum Gasteiger partial charge on any atom is 0.321 e. The first-order chi connectivity index (χ1) is 13.6. The fraction of sp³-hybridized carbons (Fsp3) is 0.933. The van der Waals surface area contributed by atoms with Gasteiger partial charge in [0.2, 0.25) is 0 Å². The molecule has 2 saturated heterocycles. The van der Waals surface area contributed by atoms with Crippen molar-refractivity contribution in [1.29, 1.82) is 0 Å². The van der Waals surface area contributed by atoms with Gasteiger partial charge in [0.05, 0.1) is 18.6 Å². The second-order valence-electron chi connectivity index (χ2n) is 6.84. The molecule has 2 heterocycles. The fourth-order valence-corrected chi connectivity index (χ4v) is 4.30. The lowest BCUT2D eigenvalue weighted by Gasteiger charge is -2.42. The number of hydrogen-bond acceptors (Lipinski definition) is 13. The number of thioether (sulfide) groups is 1. The quantitative estimate of drug-likeness (QED) is 0.159. The molecule has 0 aromatic heterocycles. The number of carboxylic acid groups (broad SMARTS) is 1. The summed E-state index contributed by atoms with van der Waals surface area (Å²) in [5.41, 5.74) is 0. The van der Waals surface area contributed by atoms with Crippen LogP contribution in [0.3, 0.4) is 0 Å². The van der Waals surface area contributed by atoms with Crippen LogP contribution in [0, 0.1) is 0 Å². The minimum atomic E-state index is -1.87. The molecule has 0 aromatic rings. The molecule has 2 aliphatic rings. The molecule has 14 heteroatoms. The van der Waals surface area contributed by atoms with Gasteiger partial charge in [0.15, 0.2) is 6.29 Å². The summed E-state index contributed by atoms with van der Waals surface area (Å²) in [6, 6.07) is -0.959. The van der Waals surface area contributed by atoms with Gasteiger partial charge in [-0.3, -0.25) is 10.1 Å². The highest BCUT2D eigenvalue weighted by molar-refractivity contribution is 8.00. The molecule has 0 bridgehead atoms. The van der Waals surface area contributed by atoms with Crippen LogP contribution in [0.2, 0.25) is 0 Å². The predicted molar refractivity (Wildman–Crippen MR) is 94.6 cm³/mol. The molecular weight excluding hydrogens is 418 g/mol. The molecular formula is C15H27NO12S. The van der Waals surface area contributed by atoms with Crippen molar-refractivity contribution in [2.75, 3.05) is 19.0 Å². The van der Waals surface area contributed by atoms with Gasteiger partial charge in [0.1, 0.15) is 54.9 Å². The van der Waals surface area contributed by atoms with Gasteiger partial charge in [-0.25, -0.2) is 0 Å². The van der Waals surface area contributed by atoms with E-state index in [0.717, 1.165) is 11.8 Å². The molecule has 2 rings (SSSR count). The van der Waals surface area contributed by atoms with E-state index in [1.807, 2.05) is 0 Å². The average molecular weight is 445 g/mol. The summed E-state index contributed by atoms with van der Waals surface area (Å²) in [5.74, 6) is -1.03. The van der Waals surface area contributed by atoms with Crippen molar-refractivity contribution < 1.29 is 60.2 Å². The number of carboxylic acids is 1. The van der Waals surface area contributed by atoms with Crippen molar-refractivity contribution in [3.05, 3.63) is 0 Å². The first-order valence-corrected chi connectivity index (χ1v) is 9.88. The number of carbonyl (C=O) groups is 1. The van der Waals surface area contributed by atoms with Crippen LogP contribution >= 0.6 is 11.8 Å². The summed E-state index contributed by atoms with van der Waals surface area (Å²) >= 11 is 1.01. The van der Waals surface area contributed by atoms with Gasteiger partial charge in [-0.15, -0.1) is 11.8 Å². The summed E-state index contributed by atoms with van der Waals surface area (Å²) in [7, 11) is 0. The standard InChI is InChI=1S/C15H27NO12S/c17-1-5(19)12(9(22)10(23)13-16-4(3-29-13)14(25)26)28-15-11(24)8(21)7(20)6(2-18)27-15/h4-13,15-24H,1-3H2,(H,25,26)/t4?,5?,6-,7-,8+,9?,10?,11-,12?,13?,15+/m1/s1. The molecule has 0 spiro atoms. The number of hydrogen-bond donors (Lipinski definition) is 10. The number of aliphatic hydroxyl groups excluding tert-OH is 8. The van der Waals surface area contributed by atoms with Gasteiger partial charge in [-0.1, -0.05) is 0 Å². The Balaban J connectivity index is 2.11. The monoisotopic (exact) mass is 445 g/mol. The molecule has 29 heavy (non-hydrogen) atoms. The van der Waals surface area contributed by atoms with Crippen molar-refractivity contribution in [3.8, 4) is 0 Å². The van der Waals surface area contributed by atoms with Gasteiger partial charge in [0.25, 0.3) is 0 Å². The molecule has 170 valence electrons. The SMILES string of the molecule is O=C(O)C1CSC(C(O)C(O)C(O[C@@H]2O[C@H](CO)[C@@H](O)[C@H](O)[C@H]2O)C(O)CO)N1. The third kappa shape index (κ3) is 5.55. The minimum Gasteiger partial charge on any atom is -0.480 e. The van der Waals surface area contributed by atoms with Gasteiger partial charge in [0, 0.05) is 5.75 Å². The Morgan fingerprint density at radius 3 is 2.31 bits per heavy atom. The zero-order valence-corrected chi connectivity index (χ0v) is 15.9. The molecule has 10 N–H and O–H groups in total. The highest BCUT2D eigenvalue weighted by Gasteiger charge is 2.48. The van der Waals surface area contributed by atoms with E-state index >= 15 is 0 Å². The third-order valence-corrected chi connectivity index (χ3v) is 6.11. The van der Waals surface area contributed by atoms with E-state index in [1.54, 1.807) is 0 Å². The van der Waals surface area contributed by atoms with Gasteiger partial charge in [-0.05, 0) is 0 Å². The van der Waals surface area contributed by atoms with Crippen LogP contribution in [0.1, 0.15) is 0 Å². The highest BCUT2D eigenvalue weighted by Crippen LogP contribution is 2.28. The van der Waals surface area contributed by atoms with E-state index in [0.29, 0.717) is 0 Å². The molecule has 0 amide bonds. The molecule has 2 aliphatic heterocycles. The largest absolute Gasteiger partial charge is 0.480 e. The third-order valence-electron chi connectivity index (χ3n) is 4.81. The van der Waals surface area contributed by atoms with E-state index in [-0.39, 0.29) is 5.75 Å². The molecule has 0 aromatic carbocycles. The summed E-state index contributed by atoms with van der Waals surface area (Å²) in [6.07, 6.45) is -15.3. The topological polar surface area (TPSA) is 230 Å². The zero-order valence-electron chi connectivity index (χ0n) is 15.1. The molecule has 0 radical (unpaired) electrons. The molecule has 2 fully saturated rings. The smallest absolute Gasteiger partial charge is 0.321 e. The van der Waals surface area contributed by atoms with Crippen LogP contribution in [-0.2, 0) is 14.3 Å². The molecule has 0 aliphatic carbocycles. The Kier molecular flexibility index (Phi) is 9.02. The van der Waals surface area contributed by atoms with Crippen LogP contribution in [-0.4, -0.2) is 137 Å². The normalized spacial score (nSPS) is 39.7. The second-order valence-corrected chi connectivity index (χ2v) is 8.02. The van der Waals surface area contributed by atoms with Crippen LogP contribution in [0.5, 0.6) is 0 Å². The number of ether oxygens (including phenoxy) is 2. The lowest BCUT2D eigenvalue weighted by atomic mass is 9.98. The van der Waals surface area contributed by atoms with E-state index in [2.05, 4.69) is 5.32 Å². The van der Waals surface area contributed by atoms with E-state index in [1.165, 1.54) is 0 Å². The van der Waals surface area contributed by atoms with Crippen molar-refractivity contribution in [1.82, 2.24) is 5.32 Å². The second kappa shape index (κ2) is 10.6. The van der Waals surface area contributed by atoms with Crippen molar-refractivity contribution in [3.63, 3.8) is 0 Å². The Morgan fingerprint density at radius 1 is 1.14 bits per heavy atom. The number of aliphatic hydroxyl groups is 8. The van der Waals surface area contributed by atoms with Crippen molar-refractivity contribution in [2.45, 2.75) is 66.5 Å². The van der Waals surface area contributed by atoms with E-state index in [9.17, 15) is 45.6 Å². The molecule has 11 atom stereocenters. The Hall–Kier alpha value is -0.620. The van der Waals surface area contributed by atoms with Crippen LogP contribution in [0.15, 0.2) is 0 Å². The predicted octanol–water partition coefficient (Wildman–Crippen LogP) is -5.64. The van der Waals surface area contributed by atoms with Gasteiger partial charge < -0.3 is 55.4 Å². The Bertz CT molecular complexity index is 541. The Labute approximate surface area is 169 Å². The number of aliphatic carboxylic acids is 1.